The van der Waals surface area contributed by atoms with Crippen molar-refractivity contribution in [2.24, 2.45) is 17.6 Å². The van der Waals surface area contributed by atoms with Crippen LogP contribution < -0.4 is 16.8 Å². The summed E-state index contributed by atoms with van der Waals surface area (Å²) in [5.41, 5.74) is 7.35. The lowest BCUT2D eigenvalue weighted by Crippen LogP contribution is -2.63. The number of hydrogen-bond acceptors (Lipinski definition) is 6. The first kappa shape index (κ1) is 25.2. The maximum absolute atomic E-state index is 14.3. The fourth-order valence-corrected chi connectivity index (χ4v) is 6.34. The highest BCUT2D eigenvalue weighted by Crippen LogP contribution is 2.41. The molecule has 0 radical (unpaired) electrons. The molecule has 196 valence electrons. The van der Waals surface area contributed by atoms with Gasteiger partial charge in [0.05, 0.1) is 29.4 Å². The average Bonchev–Trinajstić information content (AvgIpc) is 3.53. The number of fused-ring (bicyclic) bond motifs is 1. The van der Waals surface area contributed by atoms with Gasteiger partial charge in [0.1, 0.15) is 5.54 Å². The Morgan fingerprint density at radius 2 is 1.89 bits per heavy atom. The molecule has 2 aromatic heterocycles. The van der Waals surface area contributed by atoms with E-state index in [-0.39, 0.29) is 17.9 Å². The highest BCUT2D eigenvalue weighted by Gasteiger charge is 2.50. The molecule has 5 rings (SSSR count). The number of amides is 2. The van der Waals surface area contributed by atoms with Gasteiger partial charge >= 0.3 is 5.76 Å². The molecule has 3 heterocycles. The molecule has 37 heavy (non-hydrogen) atoms. The first-order chi connectivity index (χ1) is 17.8. The van der Waals surface area contributed by atoms with Crippen molar-refractivity contribution in [3.8, 4) is 5.69 Å². The molecule has 1 aliphatic carbocycles. The average molecular weight is 506 g/mol. The first-order valence-corrected chi connectivity index (χ1v) is 13.2. The standard InChI is InChI=1S/C28H35N5O4/c1-28(30-2,26(29)35)24(18-9-4-3-5-10-18)25(34)32-14-8-12-21(32)19-15-20(17-31-16-19)33-22-11-6-7-13-23(22)37-27(33)36/h6-7,11,13,15-18,21,24,30H,3-5,8-10,12,14H2,1-2H3,(H2,29,35)/t21-,24+,28?/m0/s1. The summed E-state index contributed by atoms with van der Waals surface area (Å²) in [5.74, 6) is -1.49. The number of nitrogens with zero attached hydrogens (tertiary/aromatic N) is 3. The normalized spacial score (nSPS) is 21.1. The van der Waals surface area contributed by atoms with E-state index in [2.05, 4.69) is 10.3 Å². The van der Waals surface area contributed by atoms with Crippen LogP contribution in [0.3, 0.4) is 0 Å². The summed E-state index contributed by atoms with van der Waals surface area (Å²) < 4.78 is 6.92. The van der Waals surface area contributed by atoms with Crippen molar-refractivity contribution in [2.75, 3.05) is 13.6 Å². The van der Waals surface area contributed by atoms with Crippen molar-refractivity contribution in [2.45, 2.75) is 63.5 Å². The van der Waals surface area contributed by atoms with Gasteiger partial charge in [0, 0.05) is 12.7 Å². The molecular formula is C28H35N5O4. The second kappa shape index (κ2) is 10.1. The quantitative estimate of drug-likeness (QED) is 0.508. The smallest absolute Gasteiger partial charge is 0.407 e. The van der Waals surface area contributed by atoms with Crippen LogP contribution in [-0.2, 0) is 9.59 Å². The first-order valence-electron chi connectivity index (χ1n) is 13.2. The summed E-state index contributed by atoms with van der Waals surface area (Å²) in [6.45, 7) is 2.36. The van der Waals surface area contributed by atoms with Gasteiger partial charge in [-0.2, -0.15) is 0 Å². The molecule has 1 aliphatic heterocycles. The minimum absolute atomic E-state index is 0.0404. The van der Waals surface area contributed by atoms with Gasteiger partial charge in [-0.25, -0.2) is 9.36 Å². The molecule has 1 unspecified atom stereocenters. The van der Waals surface area contributed by atoms with Crippen molar-refractivity contribution in [1.82, 2.24) is 19.8 Å². The van der Waals surface area contributed by atoms with E-state index in [4.69, 9.17) is 10.2 Å². The Morgan fingerprint density at radius 3 is 2.62 bits per heavy atom. The molecule has 9 heteroatoms. The number of likely N-dealkylation sites (tertiary alicyclic amines) is 1. The molecular weight excluding hydrogens is 470 g/mol. The highest BCUT2D eigenvalue weighted by molar-refractivity contribution is 5.93. The van der Waals surface area contributed by atoms with Crippen molar-refractivity contribution < 1.29 is 14.0 Å². The lowest BCUT2D eigenvalue weighted by Gasteiger charge is -2.43. The monoisotopic (exact) mass is 505 g/mol. The number of hydrogen-bond donors (Lipinski definition) is 2. The van der Waals surface area contributed by atoms with Gasteiger partial charge < -0.3 is 20.4 Å². The molecule has 3 aromatic rings. The van der Waals surface area contributed by atoms with E-state index >= 15 is 0 Å². The van der Waals surface area contributed by atoms with E-state index in [9.17, 15) is 14.4 Å². The van der Waals surface area contributed by atoms with E-state index in [1.165, 1.54) is 4.57 Å². The van der Waals surface area contributed by atoms with Crippen LogP contribution in [0, 0.1) is 11.8 Å². The predicted molar refractivity (Wildman–Crippen MR) is 140 cm³/mol. The van der Waals surface area contributed by atoms with Gasteiger partial charge in [-0.1, -0.05) is 31.4 Å². The van der Waals surface area contributed by atoms with Crippen LogP contribution in [0.15, 0.2) is 51.9 Å². The van der Waals surface area contributed by atoms with Gasteiger partial charge in [0.25, 0.3) is 0 Å². The summed E-state index contributed by atoms with van der Waals surface area (Å²) in [5, 5.41) is 3.10. The van der Waals surface area contributed by atoms with Crippen molar-refractivity contribution >= 4 is 22.9 Å². The molecule has 2 aliphatic rings. The number of primary amides is 1. The Balaban J connectivity index is 1.50. The molecule has 1 saturated carbocycles. The molecule has 3 N–H and O–H groups in total. The van der Waals surface area contributed by atoms with Gasteiger partial charge in [-0.15, -0.1) is 0 Å². The number of nitrogens with two attached hydrogens (primary N) is 1. The minimum Gasteiger partial charge on any atom is -0.407 e. The van der Waals surface area contributed by atoms with Gasteiger partial charge in [0.15, 0.2) is 5.58 Å². The Morgan fingerprint density at radius 1 is 1.14 bits per heavy atom. The van der Waals surface area contributed by atoms with E-state index in [0.29, 0.717) is 23.3 Å². The summed E-state index contributed by atoms with van der Waals surface area (Å²) in [7, 11) is 1.70. The zero-order chi connectivity index (χ0) is 26.2. The SMILES string of the molecule is CNC(C)(C(N)=O)[C@@H](C(=O)N1CCC[C@H]1c1cncc(-n2c(=O)oc3ccccc32)c1)C1CCCCC1. The molecule has 9 nitrogen and oxygen atoms in total. The molecule has 2 fully saturated rings. The summed E-state index contributed by atoms with van der Waals surface area (Å²) in [6.07, 6.45) is 10.1. The number of carbonyl (C=O) groups excluding carboxylic acids is 2. The van der Waals surface area contributed by atoms with Crippen LogP contribution in [0.4, 0.5) is 0 Å². The number of pyridine rings is 1. The number of benzene rings is 1. The number of para-hydroxylation sites is 2. The fraction of sp³-hybridized carbons (Fsp3) is 0.500. The molecule has 0 spiro atoms. The minimum atomic E-state index is -1.14. The second-order valence-corrected chi connectivity index (χ2v) is 10.5. The van der Waals surface area contributed by atoms with Crippen LogP contribution >= 0.6 is 0 Å². The number of likely N-dealkylation sites (N-methyl/N-ethyl adjacent to an activating group) is 1. The maximum Gasteiger partial charge on any atom is 0.424 e. The van der Waals surface area contributed by atoms with Crippen molar-refractivity contribution in [3.05, 3.63) is 58.8 Å². The number of aromatic nitrogens is 2. The van der Waals surface area contributed by atoms with E-state index in [1.807, 2.05) is 29.2 Å². The van der Waals surface area contributed by atoms with Crippen LogP contribution in [0.1, 0.15) is 63.5 Å². The third-order valence-corrected chi connectivity index (χ3v) is 8.45. The van der Waals surface area contributed by atoms with E-state index < -0.39 is 23.1 Å². The number of oxazole rings is 1. The van der Waals surface area contributed by atoms with Crippen molar-refractivity contribution in [1.29, 1.82) is 0 Å². The number of nitrogens with one attached hydrogen (secondary N) is 1. The van der Waals surface area contributed by atoms with E-state index in [1.54, 1.807) is 32.4 Å². The van der Waals surface area contributed by atoms with Crippen LogP contribution in [0.2, 0.25) is 0 Å². The van der Waals surface area contributed by atoms with Gasteiger partial charge in [-0.3, -0.25) is 14.6 Å². The Labute approximate surface area is 216 Å². The second-order valence-electron chi connectivity index (χ2n) is 10.5. The maximum atomic E-state index is 14.3. The third-order valence-electron chi connectivity index (χ3n) is 8.45. The molecule has 3 atom stereocenters. The lowest BCUT2D eigenvalue weighted by atomic mass is 9.69. The van der Waals surface area contributed by atoms with Gasteiger partial charge in [0.2, 0.25) is 11.8 Å². The largest absolute Gasteiger partial charge is 0.424 e. The summed E-state index contributed by atoms with van der Waals surface area (Å²) in [4.78, 5) is 45.9. The van der Waals surface area contributed by atoms with E-state index in [0.717, 1.165) is 50.5 Å². The van der Waals surface area contributed by atoms with Crippen molar-refractivity contribution in [3.63, 3.8) is 0 Å². The third kappa shape index (κ3) is 4.45. The Hall–Kier alpha value is -3.46. The van der Waals surface area contributed by atoms with Gasteiger partial charge in [-0.05, 0) is 69.3 Å². The Kier molecular flexibility index (Phi) is 6.90. The molecule has 0 bridgehead atoms. The number of carbonyl (C=O) groups is 2. The van der Waals surface area contributed by atoms with Crippen LogP contribution in [0.5, 0.6) is 0 Å². The summed E-state index contributed by atoms with van der Waals surface area (Å²) in [6, 6.07) is 8.97. The highest BCUT2D eigenvalue weighted by atomic mass is 16.4. The lowest BCUT2D eigenvalue weighted by molar-refractivity contribution is -0.147. The molecule has 1 saturated heterocycles. The molecule has 1 aromatic carbocycles. The summed E-state index contributed by atoms with van der Waals surface area (Å²) >= 11 is 0. The van der Waals surface area contributed by atoms with Crippen LogP contribution in [-0.4, -0.2) is 45.4 Å². The van der Waals surface area contributed by atoms with Crippen LogP contribution in [0.25, 0.3) is 16.8 Å². The fourth-order valence-electron chi connectivity index (χ4n) is 6.34. The zero-order valence-electron chi connectivity index (χ0n) is 21.5. The Bertz CT molecular complexity index is 1360. The predicted octanol–water partition coefficient (Wildman–Crippen LogP) is 3.30. The zero-order valence-corrected chi connectivity index (χ0v) is 21.5. The molecule has 2 amide bonds. The number of rotatable bonds is 7. The topological polar surface area (TPSA) is 123 Å².